The first-order chi connectivity index (χ1) is 17.1. The quantitative estimate of drug-likeness (QED) is 0.330. The molecule has 0 aliphatic carbocycles. The number of rotatable bonds is 6. The molecule has 2 aliphatic heterocycles. The maximum atomic E-state index is 12.8. The third-order valence-electron chi connectivity index (χ3n) is 5.69. The van der Waals surface area contributed by atoms with Crippen molar-refractivity contribution < 1.29 is 9.59 Å². The number of carbonyl (C=O) groups is 2. The van der Waals surface area contributed by atoms with Crippen molar-refractivity contribution >= 4 is 53.0 Å². The van der Waals surface area contributed by atoms with Crippen molar-refractivity contribution in [3.8, 4) is 0 Å². The van der Waals surface area contributed by atoms with E-state index in [1.165, 1.54) is 6.07 Å². The summed E-state index contributed by atoms with van der Waals surface area (Å²) >= 11 is 0. The lowest BCUT2D eigenvalue weighted by Gasteiger charge is -2.11. The Hall–Kier alpha value is -4.37. The Kier molecular flexibility index (Phi) is 7.50. The van der Waals surface area contributed by atoms with Gasteiger partial charge in [-0.25, -0.2) is 0 Å². The second kappa shape index (κ2) is 10.9. The van der Waals surface area contributed by atoms with E-state index in [2.05, 4.69) is 31.3 Å². The molecule has 9 nitrogen and oxygen atoms in total. The van der Waals surface area contributed by atoms with Crippen molar-refractivity contribution in [2.24, 2.45) is 9.98 Å². The average molecular weight is 504 g/mol. The van der Waals surface area contributed by atoms with Crippen LogP contribution in [0.2, 0.25) is 0 Å². The van der Waals surface area contributed by atoms with Gasteiger partial charge in [-0.15, -0.1) is 12.4 Å². The van der Waals surface area contributed by atoms with Crippen molar-refractivity contribution in [2.45, 2.75) is 0 Å². The molecular formula is C26H26ClN7O2. The maximum absolute atomic E-state index is 12.8. The highest BCUT2D eigenvalue weighted by Crippen LogP contribution is 2.20. The number of amidine groups is 2. The summed E-state index contributed by atoms with van der Waals surface area (Å²) in [4.78, 5) is 34.5. The standard InChI is InChI=1S/C26H25N7O2.ClH/c27-22-15-18(25(34)32-19-5-1-3-16(13-19)23-28-9-10-29-23)7-8-21(22)26(35)33-20-6-2-4-17(14-20)24-30-11-12-31-24;/h1-8,13-15H,9-12,27H2,(H,28,29)(H,30,31)(H,32,34)(H,33,35);1H. The molecule has 6 N–H and O–H groups in total. The minimum absolute atomic E-state index is 0. The number of nitrogens with two attached hydrogens (primary N) is 1. The van der Waals surface area contributed by atoms with Gasteiger partial charge in [-0.05, 0) is 42.5 Å². The van der Waals surface area contributed by atoms with Crippen LogP contribution in [-0.4, -0.2) is 49.7 Å². The summed E-state index contributed by atoms with van der Waals surface area (Å²) in [5, 5.41) is 12.2. The zero-order valence-electron chi connectivity index (χ0n) is 19.4. The molecule has 0 saturated heterocycles. The summed E-state index contributed by atoms with van der Waals surface area (Å²) in [6, 6.07) is 19.6. The molecule has 184 valence electrons. The van der Waals surface area contributed by atoms with Gasteiger partial charge in [0, 0.05) is 46.8 Å². The molecule has 5 rings (SSSR count). The van der Waals surface area contributed by atoms with Crippen LogP contribution < -0.4 is 27.0 Å². The third-order valence-corrected chi connectivity index (χ3v) is 5.69. The molecule has 0 aromatic heterocycles. The Morgan fingerprint density at radius 1 is 0.750 bits per heavy atom. The number of anilines is 3. The van der Waals surface area contributed by atoms with Crippen molar-refractivity contribution in [3.05, 3.63) is 89.0 Å². The number of benzene rings is 3. The summed E-state index contributed by atoms with van der Waals surface area (Å²) < 4.78 is 0. The lowest BCUT2D eigenvalue weighted by Crippen LogP contribution is -2.20. The lowest BCUT2D eigenvalue weighted by atomic mass is 10.1. The second-order valence-corrected chi connectivity index (χ2v) is 8.19. The number of hydrogen-bond acceptors (Lipinski definition) is 7. The van der Waals surface area contributed by atoms with Gasteiger partial charge in [0.05, 0.1) is 18.7 Å². The first-order valence-electron chi connectivity index (χ1n) is 11.4. The molecule has 2 heterocycles. The van der Waals surface area contributed by atoms with E-state index in [4.69, 9.17) is 5.73 Å². The zero-order valence-corrected chi connectivity index (χ0v) is 20.2. The summed E-state index contributed by atoms with van der Waals surface area (Å²) in [5.74, 6) is 0.956. The molecule has 0 radical (unpaired) electrons. The van der Waals surface area contributed by atoms with E-state index in [1.807, 2.05) is 42.5 Å². The minimum Gasteiger partial charge on any atom is -0.398 e. The van der Waals surface area contributed by atoms with E-state index in [9.17, 15) is 9.59 Å². The van der Waals surface area contributed by atoms with Gasteiger partial charge < -0.3 is 27.0 Å². The molecule has 2 amide bonds. The minimum atomic E-state index is -0.356. The van der Waals surface area contributed by atoms with Crippen LogP contribution >= 0.6 is 12.4 Å². The third kappa shape index (κ3) is 5.47. The van der Waals surface area contributed by atoms with Crippen molar-refractivity contribution in [3.63, 3.8) is 0 Å². The Bertz CT molecular complexity index is 1370. The summed E-state index contributed by atoms with van der Waals surface area (Å²) in [7, 11) is 0. The van der Waals surface area contributed by atoms with Gasteiger partial charge in [-0.1, -0.05) is 24.3 Å². The number of nitrogens with zero attached hydrogens (tertiary/aromatic N) is 2. The molecule has 0 unspecified atom stereocenters. The first kappa shape index (κ1) is 24.7. The zero-order chi connectivity index (χ0) is 24.2. The molecule has 0 spiro atoms. The molecule has 3 aromatic rings. The van der Waals surface area contributed by atoms with E-state index < -0.39 is 0 Å². The highest BCUT2D eigenvalue weighted by molar-refractivity contribution is 6.11. The fraction of sp³-hybridized carbons (Fsp3) is 0.154. The molecule has 2 aliphatic rings. The number of amides is 2. The van der Waals surface area contributed by atoms with Crippen LogP contribution in [0.4, 0.5) is 17.1 Å². The first-order valence-corrected chi connectivity index (χ1v) is 11.4. The summed E-state index contributed by atoms with van der Waals surface area (Å²) in [6.07, 6.45) is 0. The Morgan fingerprint density at radius 3 is 1.81 bits per heavy atom. The molecule has 36 heavy (non-hydrogen) atoms. The van der Waals surface area contributed by atoms with Crippen LogP contribution in [0.3, 0.4) is 0 Å². The molecule has 0 saturated carbocycles. The van der Waals surface area contributed by atoms with E-state index in [0.717, 1.165) is 49.0 Å². The van der Waals surface area contributed by atoms with Gasteiger partial charge in [0.2, 0.25) is 0 Å². The van der Waals surface area contributed by atoms with E-state index in [1.54, 1.807) is 18.2 Å². The number of aliphatic imine (C=N–C) groups is 2. The summed E-state index contributed by atoms with van der Waals surface area (Å²) in [6.45, 7) is 3.09. The Morgan fingerprint density at radius 2 is 1.31 bits per heavy atom. The highest BCUT2D eigenvalue weighted by atomic mass is 35.5. The number of nitrogen functional groups attached to an aromatic ring is 1. The monoisotopic (exact) mass is 503 g/mol. The lowest BCUT2D eigenvalue weighted by molar-refractivity contribution is 0.101. The number of halogens is 1. The van der Waals surface area contributed by atoms with Gasteiger partial charge in [0.15, 0.2) is 0 Å². The van der Waals surface area contributed by atoms with Crippen molar-refractivity contribution in [1.82, 2.24) is 10.6 Å². The van der Waals surface area contributed by atoms with Crippen LogP contribution in [-0.2, 0) is 0 Å². The van der Waals surface area contributed by atoms with Gasteiger partial charge in [0.25, 0.3) is 11.8 Å². The largest absolute Gasteiger partial charge is 0.398 e. The van der Waals surface area contributed by atoms with Crippen LogP contribution in [0.15, 0.2) is 76.7 Å². The molecule has 3 aromatic carbocycles. The van der Waals surface area contributed by atoms with Gasteiger partial charge >= 0.3 is 0 Å². The number of hydrogen-bond donors (Lipinski definition) is 5. The topological polar surface area (TPSA) is 133 Å². The van der Waals surface area contributed by atoms with Gasteiger partial charge in [0.1, 0.15) is 11.7 Å². The normalized spacial score (nSPS) is 14.0. The van der Waals surface area contributed by atoms with Crippen molar-refractivity contribution in [1.29, 1.82) is 0 Å². The van der Waals surface area contributed by atoms with Gasteiger partial charge in [-0.2, -0.15) is 0 Å². The molecule has 0 bridgehead atoms. The number of carbonyl (C=O) groups excluding carboxylic acids is 2. The van der Waals surface area contributed by atoms with Crippen LogP contribution in [0.25, 0.3) is 0 Å². The number of nitrogens with one attached hydrogen (secondary N) is 4. The smallest absolute Gasteiger partial charge is 0.257 e. The van der Waals surface area contributed by atoms with Crippen LogP contribution in [0.1, 0.15) is 31.8 Å². The second-order valence-electron chi connectivity index (χ2n) is 8.19. The molecule has 0 fully saturated rings. The molecule has 10 heteroatoms. The predicted molar refractivity (Wildman–Crippen MR) is 146 cm³/mol. The predicted octanol–water partition coefficient (Wildman–Crippen LogP) is 2.89. The van der Waals surface area contributed by atoms with Crippen molar-refractivity contribution in [2.75, 3.05) is 42.5 Å². The van der Waals surface area contributed by atoms with E-state index >= 15 is 0 Å². The van der Waals surface area contributed by atoms with E-state index in [-0.39, 0.29) is 35.5 Å². The highest BCUT2D eigenvalue weighted by Gasteiger charge is 2.16. The fourth-order valence-electron chi connectivity index (χ4n) is 3.98. The molecule has 0 atom stereocenters. The van der Waals surface area contributed by atoms with Gasteiger partial charge in [-0.3, -0.25) is 19.6 Å². The average Bonchev–Trinajstić information content (AvgIpc) is 3.59. The van der Waals surface area contributed by atoms with Crippen LogP contribution in [0.5, 0.6) is 0 Å². The van der Waals surface area contributed by atoms with E-state index in [0.29, 0.717) is 16.9 Å². The molecular weight excluding hydrogens is 478 g/mol. The fourth-order valence-corrected chi connectivity index (χ4v) is 3.98. The SMILES string of the molecule is Cl.Nc1cc(C(=O)Nc2cccc(C3=NCCN3)c2)ccc1C(=O)Nc1cccc(C2=NCCN2)c1. The van der Waals surface area contributed by atoms with Crippen LogP contribution in [0, 0.1) is 0 Å². The maximum Gasteiger partial charge on any atom is 0.257 e. The Labute approximate surface area is 214 Å². The summed E-state index contributed by atoms with van der Waals surface area (Å²) in [5.41, 5.74) is 10.1. The Balaban J connectivity index is 0.00000304.